The zero-order valence-electron chi connectivity index (χ0n) is 16.9. The van der Waals surface area contributed by atoms with Crippen LogP contribution in [0.2, 0.25) is 0 Å². The van der Waals surface area contributed by atoms with E-state index in [0.717, 1.165) is 23.8 Å². The summed E-state index contributed by atoms with van der Waals surface area (Å²) in [6.07, 6.45) is 0.963. The summed E-state index contributed by atoms with van der Waals surface area (Å²) in [5, 5.41) is 3.70. The van der Waals surface area contributed by atoms with Crippen LogP contribution in [0.15, 0.2) is 57.7 Å². The van der Waals surface area contributed by atoms with E-state index in [0.29, 0.717) is 29.4 Å². The first-order chi connectivity index (χ1) is 14.0. The van der Waals surface area contributed by atoms with Crippen molar-refractivity contribution in [3.63, 3.8) is 0 Å². The monoisotopic (exact) mass is 395 g/mol. The molecule has 1 atom stereocenters. The van der Waals surface area contributed by atoms with Crippen LogP contribution >= 0.6 is 0 Å². The number of ether oxygens (including phenoxy) is 2. The number of carbonyl (C=O) groups is 1. The summed E-state index contributed by atoms with van der Waals surface area (Å²) in [5.74, 6) is 0.750. The fraction of sp³-hybridized carbons (Fsp3) is 0.304. The quantitative estimate of drug-likeness (QED) is 0.566. The third-order valence-corrected chi connectivity index (χ3v) is 4.45. The molecule has 1 unspecified atom stereocenters. The molecule has 3 rings (SSSR count). The zero-order chi connectivity index (χ0) is 20.8. The maximum absolute atomic E-state index is 12.6. The van der Waals surface area contributed by atoms with E-state index in [-0.39, 0.29) is 5.91 Å². The van der Waals surface area contributed by atoms with E-state index in [9.17, 15) is 9.59 Å². The van der Waals surface area contributed by atoms with Crippen molar-refractivity contribution in [2.45, 2.75) is 39.7 Å². The number of nitrogens with one attached hydrogen (secondary N) is 1. The Hall–Kier alpha value is -3.28. The smallest absolute Gasteiger partial charge is 0.336 e. The molecule has 0 saturated heterocycles. The highest BCUT2D eigenvalue weighted by Gasteiger charge is 2.17. The van der Waals surface area contributed by atoms with Crippen LogP contribution in [0.5, 0.6) is 11.5 Å². The van der Waals surface area contributed by atoms with E-state index in [2.05, 4.69) is 12.2 Å². The highest BCUT2D eigenvalue weighted by atomic mass is 16.5. The second-order valence-corrected chi connectivity index (χ2v) is 6.68. The van der Waals surface area contributed by atoms with Crippen molar-refractivity contribution in [3.8, 4) is 11.5 Å². The van der Waals surface area contributed by atoms with Crippen molar-refractivity contribution in [3.05, 3.63) is 64.5 Å². The minimum atomic E-state index is -0.757. The Morgan fingerprint density at radius 1 is 1.14 bits per heavy atom. The number of anilines is 1. The third-order valence-electron chi connectivity index (χ3n) is 4.45. The molecule has 0 aliphatic heterocycles. The van der Waals surface area contributed by atoms with Gasteiger partial charge in [-0.3, -0.25) is 4.79 Å². The molecule has 1 aromatic heterocycles. The second kappa shape index (κ2) is 9.28. The summed E-state index contributed by atoms with van der Waals surface area (Å²) in [5.41, 5.74) is 1.59. The molecular formula is C23H25NO5. The van der Waals surface area contributed by atoms with Crippen LogP contribution in [0, 0.1) is 0 Å². The van der Waals surface area contributed by atoms with Gasteiger partial charge in [0.05, 0.1) is 12.3 Å². The topological polar surface area (TPSA) is 77.8 Å². The average molecular weight is 395 g/mol. The average Bonchev–Trinajstić information content (AvgIpc) is 2.69. The molecule has 1 heterocycles. The van der Waals surface area contributed by atoms with E-state index >= 15 is 0 Å². The first-order valence-corrected chi connectivity index (χ1v) is 9.78. The van der Waals surface area contributed by atoms with Gasteiger partial charge in [0.25, 0.3) is 5.91 Å². The molecule has 0 aliphatic carbocycles. The first kappa shape index (κ1) is 20.5. The molecule has 0 radical (unpaired) electrons. The molecule has 1 N–H and O–H groups in total. The first-order valence-electron chi connectivity index (χ1n) is 9.78. The molecule has 29 heavy (non-hydrogen) atoms. The number of carbonyl (C=O) groups excluding carboxylic acids is 1. The molecule has 0 fully saturated rings. The van der Waals surface area contributed by atoms with Gasteiger partial charge in [-0.05, 0) is 50.1 Å². The summed E-state index contributed by atoms with van der Waals surface area (Å²) in [6.45, 7) is 6.10. The van der Waals surface area contributed by atoms with Gasteiger partial charge in [0, 0.05) is 17.5 Å². The third kappa shape index (κ3) is 4.96. The van der Waals surface area contributed by atoms with Crippen molar-refractivity contribution < 1.29 is 18.7 Å². The Morgan fingerprint density at radius 2 is 1.93 bits per heavy atom. The molecule has 0 aliphatic rings. The number of fused-ring (bicyclic) bond motifs is 1. The van der Waals surface area contributed by atoms with Gasteiger partial charge in [0.15, 0.2) is 6.10 Å². The van der Waals surface area contributed by atoms with Crippen LogP contribution in [-0.2, 0) is 11.2 Å². The lowest BCUT2D eigenvalue weighted by molar-refractivity contribution is -0.122. The maximum Gasteiger partial charge on any atom is 0.336 e. The van der Waals surface area contributed by atoms with E-state index in [1.54, 1.807) is 31.2 Å². The Kier molecular flexibility index (Phi) is 6.54. The minimum Gasteiger partial charge on any atom is -0.492 e. The lowest BCUT2D eigenvalue weighted by atomic mass is 10.1. The Balaban J connectivity index is 1.76. The molecular weight excluding hydrogens is 370 g/mol. The molecule has 0 spiro atoms. The molecule has 0 saturated carbocycles. The number of hydrogen-bond donors (Lipinski definition) is 1. The van der Waals surface area contributed by atoms with Crippen LogP contribution in [0.3, 0.4) is 0 Å². The van der Waals surface area contributed by atoms with Crippen molar-refractivity contribution in [2.75, 3.05) is 11.9 Å². The van der Waals surface area contributed by atoms with Gasteiger partial charge in [-0.1, -0.05) is 25.5 Å². The van der Waals surface area contributed by atoms with Gasteiger partial charge >= 0.3 is 5.63 Å². The van der Waals surface area contributed by atoms with Crippen LogP contribution in [-0.4, -0.2) is 18.6 Å². The van der Waals surface area contributed by atoms with Crippen molar-refractivity contribution in [1.82, 2.24) is 0 Å². The van der Waals surface area contributed by atoms with Crippen LogP contribution in [0.4, 0.5) is 5.69 Å². The molecule has 152 valence electrons. The summed E-state index contributed by atoms with van der Waals surface area (Å²) in [6, 6.07) is 14.0. The zero-order valence-corrected chi connectivity index (χ0v) is 16.9. The van der Waals surface area contributed by atoms with Crippen molar-refractivity contribution >= 4 is 22.6 Å². The maximum atomic E-state index is 12.6. The normalized spacial score (nSPS) is 11.8. The lowest BCUT2D eigenvalue weighted by Crippen LogP contribution is -2.30. The number of para-hydroxylation sites is 2. The van der Waals surface area contributed by atoms with E-state index in [1.807, 2.05) is 25.1 Å². The largest absolute Gasteiger partial charge is 0.492 e. The molecule has 1 amide bonds. The number of hydrogen-bond acceptors (Lipinski definition) is 5. The second-order valence-electron chi connectivity index (χ2n) is 6.68. The van der Waals surface area contributed by atoms with Crippen LogP contribution in [0.1, 0.15) is 32.8 Å². The van der Waals surface area contributed by atoms with E-state index in [4.69, 9.17) is 13.9 Å². The molecule has 0 bridgehead atoms. The Labute approximate surface area is 169 Å². The minimum absolute atomic E-state index is 0.307. The summed E-state index contributed by atoms with van der Waals surface area (Å²) < 4.78 is 16.6. The van der Waals surface area contributed by atoms with Crippen LogP contribution in [0.25, 0.3) is 11.0 Å². The SMILES string of the molecule is CCCc1cc(=O)oc2cc(OC(C)C(=O)Nc3ccccc3OCC)ccc12. The molecule has 2 aromatic carbocycles. The standard InChI is InChI=1S/C23H25NO5/c1-4-8-16-13-22(25)29-21-14-17(11-12-18(16)21)28-15(3)23(26)24-19-9-6-7-10-20(19)27-5-2/h6-7,9-15H,4-5,8H2,1-3H3,(H,24,26). The van der Waals surface area contributed by atoms with Gasteiger partial charge < -0.3 is 19.2 Å². The van der Waals surface area contributed by atoms with Gasteiger partial charge in [0.2, 0.25) is 0 Å². The Bertz CT molecular complexity index is 1060. The Morgan fingerprint density at radius 3 is 2.69 bits per heavy atom. The number of aryl methyl sites for hydroxylation is 1. The lowest BCUT2D eigenvalue weighted by Gasteiger charge is -2.17. The summed E-state index contributed by atoms with van der Waals surface area (Å²) in [4.78, 5) is 24.4. The van der Waals surface area contributed by atoms with Gasteiger partial charge in [0.1, 0.15) is 17.1 Å². The number of benzene rings is 2. The van der Waals surface area contributed by atoms with E-state index < -0.39 is 11.7 Å². The highest BCUT2D eigenvalue weighted by molar-refractivity contribution is 5.95. The predicted molar refractivity (Wildman–Crippen MR) is 113 cm³/mol. The van der Waals surface area contributed by atoms with Gasteiger partial charge in [-0.15, -0.1) is 0 Å². The number of amides is 1. The van der Waals surface area contributed by atoms with Crippen LogP contribution < -0.4 is 20.4 Å². The van der Waals surface area contributed by atoms with Gasteiger partial charge in [-0.2, -0.15) is 0 Å². The molecule has 3 aromatic rings. The summed E-state index contributed by atoms with van der Waals surface area (Å²) >= 11 is 0. The van der Waals surface area contributed by atoms with E-state index in [1.165, 1.54) is 6.07 Å². The predicted octanol–water partition coefficient (Wildman–Crippen LogP) is 4.55. The number of rotatable bonds is 8. The molecule has 6 nitrogen and oxygen atoms in total. The highest BCUT2D eigenvalue weighted by Crippen LogP contribution is 2.26. The van der Waals surface area contributed by atoms with Crippen molar-refractivity contribution in [1.29, 1.82) is 0 Å². The molecule has 6 heteroatoms. The fourth-order valence-corrected chi connectivity index (χ4v) is 3.10. The fourth-order valence-electron chi connectivity index (χ4n) is 3.10. The van der Waals surface area contributed by atoms with Crippen molar-refractivity contribution in [2.24, 2.45) is 0 Å². The summed E-state index contributed by atoms with van der Waals surface area (Å²) in [7, 11) is 0. The van der Waals surface area contributed by atoms with Gasteiger partial charge in [-0.25, -0.2) is 4.79 Å².